The summed E-state index contributed by atoms with van der Waals surface area (Å²) in [6.45, 7) is 1.30. The number of carbonyl (C=O) groups excluding carboxylic acids is 2. The number of rotatable bonds is 3. The third-order valence-corrected chi connectivity index (χ3v) is 2.82. The van der Waals surface area contributed by atoms with E-state index in [1.165, 1.54) is 43.3 Å². The first kappa shape index (κ1) is 14.4. The summed E-state index contributed by atoms with van der Waals surface area (Å²) in [5.41, 5.74) is 0.465. The number of halogens is 1. The maximum absolute atomic E-state index is 13.7. The first-order valence-electron chi connectivity index (χ1n) is 6.14. The van der Waals surface area contributed by atoms with Gasteiger partial charge in [0.15, 0.2) is 5.78 Å². The molecule has 0 saturated heterocycles. The minimum Gasteiger partial charge on any atom is -0.326 e. The lowest BCUT2D eigenvalue weighted by Crippen LogP contribution is -2.13. The molecule has 2 aromatic rings. The zero-order valence-electron chi connectivity index (χ0n) is 11.2. The number of hydrogen-bond donors (Lipinski definition) is 1. The molecule has 1 N–H and O–H groups in total. The van der Waals surface area contributed by atoms with Gasteiger partial charge in [-0.05, 0) is 30.3 Å². The number of amides is 1. The second-order valence-corrected chi connectivity index (χ2v) is 4.36. The summed E-state index contributed by atoms with van der Waals surface area (Å²) < 4.78 is 13.7. The molecule has 0 bridgehead atoms. The van der Waals surface area contributed by atoms with E-state index in [1.54, 1.807) is 6.07 Å². The summed E-state index contributed by atoms with van der Waals surface area (Å²) in [5, 5.41) is 11.4. The van der Waals surface area contributed by atoms with Crippen LogP contribution >= 0.6 is 0 Å². The molecule has 0 radical (unpaired) electrons. The van der Waals surface area contributed by atoms with Gasteiger partial charge < -0.3 is 5.32 Å². The average molecular weight is 282 g/mol. The van der Waals surface area contributed by atoms with Crippen molar-refractivity contribution in [2.75, 3.05) is 5.32 Å². The smallest absolute Gasteiger partial charge is 0.221 e. The number of nitrogens with one attached hydrogen (secondary N) is 1. The van der Waals surface area contributed by atoms with Gasteiger partial charge in [-0.3, -0.25) is 9.59 Å². The van der Waals surface area contributed by atoms with Crippen molar-refractivity contribution in [2.45, 2.75) is 6.92 Å². The van der Waals surface area contributed by atoms with Crippen LogP contribution in [0.15, 0.2) is 42.5 Å². The minimum absolute atomic E-state index is 0.0781. The quantitative estimate of drug-likeness (QED) is 0.880. The first-order valence-corrected chi connectivity index (χ1v) is 6.14. The number of hydrogen-bond acceptors (Lipinski definition) is 3. The second-order valence-electron chi connectivity index (χ2n) is 4.36. The van der Waals surface area contributed by atoms with Crippen molar-refractivity contribution in [1.29, 1.82) is 5.26 Å². The zero-order valence-corrected chi connectivity index (χ0v) is 11.2. The van der Waals surface area contributed by atoms with Crippen molar-refractivity contribution in [2.24, 2.45) is 0 Å². The molecule has 21 heavy (non-hydrogen) atoms. The van der Waals surface area contributed by atoms with Gasteiger partial charge in [0, 0.05) is 12.5 Å². The number of benzene rings is 2. The van der Waals surface area contributed by atoms with E-state index in [-0.39, 0.29) is 28.3 Å². The number of ketones is 1. The molecule has 0 heterocycles. The lowest BCUT2D eigenvalue weighted by Gasteiger charge is -2.10. The maximum atomic E-state index is 13.7. The Bertz CT molecular complexity index is 763. The average Bonchev–Trinajstić information content (AvgIpc) is 2.47. The Labute approximate surface area is 120 Å². The van der Waals surface area contributed by atoms with Crippen LogP contribution in [-0.4, -0.2) is 11.7 Å². The maximum Gasteiger partial charge on any atom is 0.221 e. The molecule has 0 aliphatic heterocycles. The van der Waals surface area contributed by atoms with E-state index in [0.29, 0.717) is 0 Å². The van der Waals surface area contributed by atoms with Gasteiger partial charge in [0.05, 0.1) is 22.9 Å². The molecule has 0 atom stereocenters. The van der Waals surface area contributed by atoms with Crippen LogP contribution in [0, 0.1) is 17.1 Å². The van der Waals surface area contributed by atoms with Gasteiger partial charge in [0.1, 0.15) is 5.82 Å². The van der Waals surface area contributed by atoms with E-state index in [4.69, 9.17) is 5.26 Å². The van der Waals surface area contributed by atoms with Crippen molar-refractivity contribution in [3.05, 3.63) is 65.0 Å². The van der Waals surface area contributed by atoms with E-state index < -0.39 is 11.6 Å². The molecule has 5 heteroatoms. The molecule has 4 nitrogen and oxygen atoms in total. The molecule has 0 aliphatic rings. The molecule has 0 aliphatic carbocycles. The number of anilines is 1. The Balaban J connectivity index is 2.55. The third kappa shape index (κ3) is 3.12. The molecule has 0 saturated carbocycles. The largest absolute Gasteiger partial charge is 0.326 e. The highest BCUT2D eigenvalue weighted by Crippen LogP contribution is 2.22. The van der Waals surface area contributed by atoms with E-state index in [0.717, 1.165) is 0 Å². The second kappa shape index (κ2) is 5.97. The Hall–Kier alpha value is -3.00. The Kier molecular flexibility index (Phi) is 4.10. The lowest BCUT2D eigenvalue weighted by atomic mass is 9.99. The molecule has 0 spiro atoms. The normalized spacial score (nSPS) is 9.76. The van der Waals surface area contributed by atoms with E-state index in [9.17, 15) is 14.0 Å². The van der Waals surface area contributed by atoms with Gasteiger partial charge in [0.2, 0.25) is 5.91 Å². The summed E-state index contributed by atoms with van der Waals surface area (Å²) in [7, 11) is 0. The highest BCUT2D eigenvalue weighted by Gasteiger charge is 2.18. The molecule has 0 unspecified atom stereocenters. The highest BCUT2D eigenvalue weighted by atomic mass is 19.1. The van der Waals surface area contributed by atoms with E-state index in [2.05, 4.69) is 5.32 Å². The predicted octanol–water partition coefficient (Wildman–Crippen LogP) is 2.89. The topological polar surface area (TPSA) is 70.0 Å². The molecule has 1 amide bonds. The number of carbonyl (C=O) groups is 2. The van der Waals surface area contributed by atoms with Crippen LogP contribution < -0.4 is 5.32 Å². The Morgan fingerprint density at radius 2 is 1.86 bits per heavy atom. The third-order valence-electron chi connectivity index (χ3n) is 2.82. The van der Waals surface area contributed by atoms with Crippen LogP contribution in [0.25, 0.3) is 0 Å². The molecule has 0 aromatic heterocycles. The number of nitriles is 1. The standard InChI is InChI=1S/C16H11FN2O2/c1-10(20)19-15-7-6-11(9-18)8-13(15)16(21)12-4-2-3-5-14(12)17/h2-8H,1H3,(H,19,20). The fraction of sp³-hybridized carbons (Fsp3) is 0.0625. The van der Waals surface area contributed by atoms with Crippen molar-refractivity contribution >= 4 is 17.4 Å². The Morgan fingerprint density at radius 1 is 1.14 bits per heavy atom. The van der Waals surface area contributed by atoms with Crippen LogP contribution in [0.4, 0.5) is 10.1 Å². The summed E-state index contributed by atoms with van der Waals surface area (Å²) >= 11 is 0. The highest BCUT2D eigenvalue weighted by molar-refractivity contribution is 6.14. The monoisotopic (exact) mass is 282 g/mol. The van der Waals surface area contributed by atoms with E-state index in [1.807, 2.05) is 6.07 Å². The molecule has 0 fully saturated rings. The summed E-state index contributed by atoms with van der Waals surface area (Å²) in [5.74, 6) is -1.60. The van der Waals surface area contributed by atoms with Crippen LogP contribution in [0.1, 0.15) is 28.4 Å². The summed E-state index contributed by atoms with van der Waals surface area (Å²) in [6, 6.07) is 11.7. The van der Waals surface area contributed by atoms with Crippen LogP contribution in [0.5, 0.6) is 0 Å². The van der Waals surface area contributed by atoms with Crippen LogP contribution in [-0.2, 0) is 4.79 Å². The molecule has 2 aromatic carbocycles. The number of nitrogens with zero attached hydrogens (tertiary/aromatic N) is 1. The van der Waals surface area contributed by atoms with Gasteiger partial charge in [-0.25, -0.2) is 4.39 Å². The van der Waals surface area contributed by atoms with Crippen LogP contribution in [0.2, 0.25) is 0 Å². The predicted molar refractivity (Wildman–Crippen MR) is 75.3 cm³/mol. The van der Waals surface area contributed by atoms with Gasteiger partial charge in [-0.1, -0.05) is 12.1 Å². The van der Waals surface area contributed by atoms with Gasteiger partial charge in [0.25, 0.3) is 0 Å². The molecule has 104 valence electrons. The molecular weight excluding hydrogens is 271 g/mol. The van der Waals surface area contributed by atoms with Crippen molar-refractivity contribution < 1.29 is 14.0 Å². The minimum atomic E-state index is -0.654. The summed E-state index contributed by atoms with van der Waals surface area (Å²) in [6.07, 6.45) is 0. The summed E-state index contributed by atoms with van der Waals surface area (Å²) in [4.78, 5) is 23.6. The molecule has 2 rings (SSSR count). The van der Waals surface area contributed by atoms with Crippen LogP contribution in [0.3, 0.4) is 0 Å². The first-order chi connectivity index (χ1) is 10.0. The van der Waals surface area contributed by atoms with Gasteiger partial charge >= 0.3 is 0 Å². The van der Waals surface area contributed by atoms with Crippen molar-refractivity contribution in [1.82, 2.24) is 0 Å². The Morgan fingerprint density at radius 3 is 2.48 bits per heavy atom. The lowest BCUT2D eigenvalue weighted by molar-refractivity contribution is -0.114. The molecular formula is C16H11FN2O2. The SMILES string of the molecule is CC(=O)Nc1ccc(C#N)cc1C(=O)c1ccccc1F. The van der Waals surface area contributed by atoms with Gasteiger partial charge in [-0.15, -0.1) is 0 Å². The fourth-order valence-corrected chi connectivity index (χ4v) is 1.89. The van der Waals surface area contributed by atoms with Crippen molar-refractivity contribution in [3.8, 4) is 6.07 Å². The van der Waals surface area contributed by atoms with Crippen molar-refractivity contribution in [3.63, 3.8) is 0 Å². The fourth-order valence-electron chi connectivity index (χ4n) is 1.89. The van der Waals surface area contributed by atoms with Gasteiger partial charge in [-0.2, -0.15) is 5.26 Å². The zero-order chi connectivity index (χ0) is 15.4. The van der Waals surface area contributed by atoms with E-state index >= 15 is 0 Å².